The molecule has 7 heterocycles. The van der Waals surface area contributed by atoms with Crippen LogP contribution in [0.4, 0.5) is 38.9 Å². The minimum absolute atomic E-state index is 0.00936. The van der Waals surface area contributed by atoms with E-state index in [-0.39, 0.29) is 30.0 Å². The van der Waals surface area contributed by atoms with Crippen LogP contribution < -0.4 is 35.8 Å². The molecule has 5 aliphatic heterocycles. The predicted molar refractivity (Wildman–Crippen MR) is 285 cm³/mol. The summed E-state index contributed by atoms with van der Waals surface area (Å²) in [6.45, 7) is 15.5. The van der Waals surface area contributed by atoms with Crippen molar-refractivity contribution < 1.29 is 33.5 Å². The SMILES string of the molecule is COc1cc(N2CCN(CCC3CCN(C4CN(c5cc6c(cc5F)C(=O)N(C5CCC(O)NC5O)C6=O)C4)CC3)CC2)c(-c2cnn(C)c2)cc1Nc1ncc(Br)c(Nc2ccc(C)c(C)c2P(C)(C)=O)n1. The van der Waals surface area contributed by atoms with Gasteiger partial charge in [0, 0.05) is 92.9 Å². The number of benzene rings is 3. The van der Waals surface area contributed by atoms with Crippen LogP contribution in [0.2, 0.25) is 0 Å². The van der Waals surface area contributed by atoms with Gasteiger partial charge in [-0.05, 0) is 136 Å². The van der Waals surface area contributed by atoms with Crippen molar-refractivity contribution in [3.05, 3.63) is 87.5 Å². The topological polar surface area (TPSA) is 197 Å². The van der Waals surface area contributed by atoms with Crippen LogP contribution in [-0.2, 0) is 11.6 Å². The predicted octanol–water partition coefficient (Wildman–Crippen LogP) is 6.24. The number of halogens is 2. The van der Waals surface area contributed by atoms with E-state index in [0.29, 0.717) is 52.4 Å². The fourth-order valence-corrected chi connectivity index (χ4v) is 13.3. The van der Waals surface area contributed by atoms with Crippen LogP contribution in [0.1, 0.15) is 63.9 Å². The van der Waals surface area contributed by atoms with Crippen molar-refractivity contribution in [3.63, 3.8) is 0 Å². The van der Waals surface area contributed by atoms with Crippen molar-refractivity contribution in [2.24, 2.45) is 13.0 Å². The number of rotatable bonds is 14. The van der Waals surface area contributed by atoms with Gasteiger partial charge in [0.05, 0.1) is 52.0 Å². The number of piperidine rings is 2. The molecule has 73 heavy (non-hydrogen) atoms. The highest BCUT2D eigenvalue weighted by molar-refractivity contribution is 9.10. The van der Waals surface area contributed by atoms with E-state index in [1.165, 1.54) is 6.07 Å². The van der Waals surface area contributed by atoms with Gasteiger partial charge in [-0.3, -0.25) is 34.3 Å². The van der Waals surface area contributed by atoms with E-state index in [9.17, 15) is 24.4 Å². The maximum atomic E-state index is 15.5. The van der Waals surface area contributed by atoms with Gasteiger partial charge in [-0.1, -0.05) is 6.07 Å². The van der Waals surface area contributed by atoms with Crippen LogP contribution in [0, 0.1) is 25.6 Å². The highest BCUT2D eigenvalue weighted by Gasteiger charge is 2.46. The van der Waals surface area contributed by atoms with Crippen molar-refractivity contribution in [1.29, 1.82) is 0 Å². The zero-order chi connectivity index (χ0) is 51.5. The number of carbonyl (C=O) groups excluding carboxylic acids is 2. The normalized spacial score (nSPS) is 21.5. The number of aliphatic hydroxyl groups excluding tert-OH is 2. The van der Waals surface area contributed by atoms with Gasteiger partial charge in [-0.15, -0.1) is 0 Å². The first kappa shape index (κ1) is 51.0. The summed E-state index contributed by atoms with van der Waals surface area (Å²) in [7, 11) is 0.947. The second-order valence-electron chi connectivity index (χ2n) is 20.6. The third-order valence-corrected chi connectivity index (χ3v) is 17.8. The van der Waals surface area contributed by atoms with Gasteiger partial charge in [0.25, 0.3) is 11.8 Å². The van der Waals surface area contributed by atoms with E-state index in [1.54, 1.807) is 31.3 Å². The fraction of sp³-hybridized carbons (Fsp3) is 0.481. The van der Waals surface area contributed by atoms with Crippen LogP contribution in [0.3, 0.4) is 0 Å². The maximum Gasteiger partial charge on any atom is 0.262 e. The number of imide groups is 1. The number of aliphatic hydroxyl groups is 2. The van der Waals surface area contributed by atoms with Gasteiger partial charge in [0.1, 0.15) is 37.0 Å². The molecule has 5 N–H and O–H groups in total. The Morgan fingerprint density at radius 3 is 2.27 bits per heavy atom. The molecule has 10 rings (SSSR count). The molecule has 2 amide bonds. The highest BCUT2D eigenvalue weighted by Crippen LogP contribution is 2.43. The third-order valence-electron chi connectivity index (χ3n) is 15.5. The molecule has 2 aromatic heterocycles. The molecule has 0 bridgehead atoms. The largest absolute Gasteiger partial charge is 0.494 e. The average molecular weight is 1080 g/mol. The first-order valence-electron chi connectivity index (χ1n) is 25.2. The number of fused-ring (bicyclic) bond motifs is 1. The molecule has 0 aliphatic carbocycles. The summed E-state index contributed by atoms with van der Waals surface area (Å²) < 4.78 is 37.5. The molecule has 0 radical (unpaired) electrons. The van der Waals surface area contributed by atoms with Gasteiger partial charge in [-0.25, -0.2) is 9.37 Å². The number of nitrogens with zero attached hydrogens (tertiary/aromatic N) is 9. The fourth-order valence-electron chi connectivity index (χ4n) is 11.3. The Morgan fingerprint density at radius 2 is 1.60 bits per heavy atom. The molecule has 0 spiro atoms. The summed E-state index contributed by atoms with van der Waals surface area (Å²) in [5.74, 6) is 0.464. The zero-order valence-corrected chi connectivity index (χ0v) is 44.7. The lowest BCUT2D eigenvalue weighted by molar-refractivity contribution is -0.0413. The smallest absolute Gasteiger partial charge is 0.262 e. The Balaban J connectivity index is 0.731. The Kier molecular flexibility index (Phi) is 14.5. The first-order valence-corrected chi connectivity index (χ1v) is 28.6. The van der Waals surface area contributed by atoms with E-state index >= 15 is 4.39 Å². The molecular weight excluding hydrogens is 1020 g/mol. The number of anilines is 6. The summed E-state index contributed by atoms with van der Waals surface area (Å²) in [6, 6.07) is 10.2. The van der Waals surface area contributed by atoms with Crippen LogP contribution in [0.5, 0.6) is 5.75 Å². The van der Waals surface area contributed by atoms with Crippen molar-refractivity contribution in [2.75, 3.05) is 99.8 Å². The number of nitrogens with one attached hydrogen (secondary N) is 3. The van der Waals surface area contributed by atoms with Gasteiger partial charge in [-0.2, -0.15) is 10.1 Å². The molecule has 388 valence electrons. The van der Waals surface area contributed by atoms with Gasteiger partial charge in [0.15, 0.2) is 0 Å². The molecule has 3 aromatic carbocycles. The van der Waals surface area contributed by atoms with E-state index < -0.39 is 43.3 Å². The van der Waals surface area contributed by atoms with E-state index in [4.69, 9.17) is 9.72 Å². The molecule has 5 aliphatic rings. The standard InChI is InChI=1S/C52H65BrFN12O6P/c1-30-7-8-40(47(31(30)2)73(5,6)71)57-48-38(53)26-55-52(60-48)58-41-22-35(33-25-56-61(3)27-33)43(24-45(41)72-4)64-19-17-62(18-20-64)14-11-32-12-15-63(16-13-32)34-28-65(29-34)44-23-37-36(21-39(44)54)50(69)66(51(37)70)42-9-10-46(67)59-49(42)68/h7-8,21-27,32,34,42,46,49,59,67-68H,9-20,28-29H2,1-6H3,(H2,55,57,58,60). The molecule has 3 unspecified atom stereocenters. The number of aromatic nitrogens is 4. The van der Waals surface area contributed by atoms with Crippen LogP contribution >= 0.6 is 23.1 Å². The number of carbonyl (C=O) groups is 2. The minimum Gasteiger partial charge on any atom is -0.494 e. The lowest BCUT2D eigenvalue weighted by Gasteiger charge is -2.49. The lowest BCUT2D eigenvalue weighted by Crippen LogP contribution is -2.61. The Hall–Kier alpha value is -5.47. The van der Waals surface area contributed by atoms with E-state index in [2.05, 4.69) is 68.8 Å². The zero-order valence-electron chi connectivity index (χ0n) is 42.2. The van der Waals surface area contributed by atoms with Crippen molar-refractivity contribution in [3.8, 4) is 16.9 Å². The number of hydrogen-bond acceptors (Lipinski definition) is 16. The van der Waals surface area contributed by atoms with E-state index in [0.717, 1.165) is 115 Å². The number of hydrogen-bond donors (Lipinski definition) is 5. The second-order valence-corrected chi connectivity index (χ2v) is 24.6. The van der Waals surface area contributed by atoms with Gasteiger partial charge < -0.3 is 39.9 Å². The first-order chi connectivity index (χ1) is 34.9. The number of methoxy groups -OCH3 is 1. The molecule has 4 fully saturated rings. The average Bonchev–Trinajstić information content (AvgIpc) is 3.88. The molecule has 18 nitrogen and oxygen atoms in total. The number of amides is 2. The van der Waals surface area contributed by atoms with Crippen LogP contribution in [0.15, 0.2) is 59.5 Å². The summed E-state index contributed by atoms with van der Waals surface area (Å²) in [5.41, 5.74) is 7.04. The summed E-state index contributed by atoms with van der Waals surface area (Å²) in [5, 5.41) is 35.1. The lowest BCUT2D eigenvalue weighted by atomic mass is 9.91. The Labute approximate surface area is 433 Å². The van der Waals surface area contributed by atoms with Gasteiger partial charge >= 0.3 is 0 Å². The monoisotopic (exact) mass is 1080 g/mol. The minimum atomic E-state index is -2.63. The van der Waals surface area contributed by atoms with E-state index in [1.807, 2.05) is 50.3 Å². The Morgan fingerprint density at radius 1 is 0.877 bits per heavy atom. The molecule has 5 aromatic rings. The Bertz CT molecular complexity index is 2970. The highest BCUT2D eigenvalue weighted by atomic mass is 79.9. The molecule has 3 atom stereocenters. The van der Waals surface area contributed by atoms with Gasteiger partial charge in [0.2, 0.25) is 5.95 Å². The molecule has 4 saturated heterocycles. The summed E-state index contributed by atoms with van der Waals surface area (Å²) >= 11 is 3.62. The van der Waals surface area contributed by atoms with Crippen molar-refractivity contribution >= 4 is 74.7 Å². The third kappa shape index (κ3) is 10.4. The number of aryl methyl sites for hydroxylation is 2. The van der Waals surface area contributed by atoms with Crippen LogP contribution in [-0.4, -0.2) is 160 Å². The number of likely N-dealkylation sites (tertiary alicyclic amines) is 1. The van der Waals surface area contributed by atoms with Crippen molar-refractivity contribution in [2.45, 2.75) is 70.5 Å². The summed E-state index contributed by atoms with van der Waals surface area (Å²) in [4.78, 5) is 46.6. The second kappa shape index (κ2) is 20.7. The quantitative estimate of drug-likeness (QED) is 0.0619. The molecule has 21 heteroatoms. The molecule has 0 saturated carbocycles. The number of piperazine rings is 1. The van der Waals surface area contributed by atoms with Crippen LogP contribution in [0.25, 0.3) is 11.1 Å². The number of ether oxygens (including phenoxy) is 1. The summed E-state index contributed by atoms with van der Waals surface area (Å²) in [6.07, 6.45) is 7.28. The maximum absolute atomic E-state index is 15.5. The van der Waals surface area contributed by atoms with Crippen molar-refractivity contribution in [1.82, 2.24) is 39.8 Å². The molecular formula is C52H65BrFN12O6P.